The number of ether oxygens (including phenoxy) is 2. The van der Waals surface area contributed by atoms with E-state index < -0.39 is 0 Å². The number of guanidine groups is 1. The van der Waals surface area contributed by atoms with Crippen LogP contribution in [0, 0.1) is 5.82 Å². The molecule has 1 unspecified atom stereocenters. The predicted octanol–water partition coefficient (Wildman–Crippen LogP) is 3.93. The lowest BCUT2D eigenvalue weighted by Gasteiger charge is -2.18. The van der Waals surface area contributed by atoms with Gasteiger partial charge in [0.05, 0.1) is 12.2 Å². The Bertz CT molecular complexity index is 982. The van der Waals surface area contributed by atoms with Gasteiger partial charge in [0.15, 0.2) is 17.5 Å². The largest absolute Gasteiger partial charge is 0.487 e. The van der Waals surface area contributed by atoms with Gasteiger partial charge in [0.2, 0.25) is 0 Å². The van der Waals surface area contributed by atoms with Gasteiger partial charge in [0, 0.05) is 19.8 Å². The van der Waals surface area contributed by atoms with Gasteiger partial charge in [-0.15, -0.1) is 0 Å². The van der Waals surface area contributed by atoms with Gasteiger partial charge in [-0.2, -0.15) is 0 Å². The van der Waals surface area contributed by atoms with Gasteiger partial charge in [0.1, 0.15) is 18.5 Å². The zero-order valence-electron chi connectivity index (χ0n) is 17.7. The molecule has 3 aromatic rings. The predicted molar refractivity (Wildman–Crippen MR) is 120 cm³/mol. The summed E-state index contributed by atoms with van der Waals surface area (Å²) in [5.41, 5.74) is 1.93. The van der Waals surface area contributed by atoms with E-state index in [1.165, 1.54) is 6.07 Å². The highest BCUT2D eigenvalue weighted by molar-refractivity contribution is 5.79. The Morgan fingerprint density at radius 3 is 2.68 bits per heavy atom. The van der Waals surface area contributed by atoms with Crippen LogP contribution < -0.4 is 20.1 Å². The first-order valence-electron chi connectivity index (χ1n) is 10.1. The van der Waals surface area contributed by atoms with Gasteiger partial charge in [-0.25, -0.2) is 4.39 Å². The van der Waals surface area contributed by atoms with E-state index >= 15 is 0 Å². The van der Waals surface area contributed by atoms with Gasteiger partial charge in [-0.05, 0) is 48.9 Å². The summed E-state index contributed by atoms with van der Waals surface area (Å²) in [5.74, 6) is 1.27. The van der Waals surface area contributed by atoms with Crippen molar-refractivity contribution in [2.75, 3.05) is 13.6 Å². The minimum absolute atomic E-state index is 0.237. The number of benzene rings is 2. The fourth-order valence-corrected chi connectivity index (χ4v) is 2.83. The van der Waals surface area contributed by atoms with Crippen molar-refractivity contribution in [3.63, 3.8) is 0 Å². The zero-order valence-corrected chi connectivity index (χ0v) is 17.7. The van der Waals surface area contributed by atoms with Crippen molar-refractivity contribution >= 4 is 5.96 Å². The topological polar surface area (TPSA) is 67.8 Å². The molecular weight excluding hydrogens is 395 g/mol. The number of aromatic nitrogens is 1. The zero-order chi connectivity index (χ0) is 21.9. The second-order valence-electron chi connectivity index (χ2n) is 6.92. The van der Waals surface area contributed by atoms with Crippen LogP contribution >= 0.6 is 0 Å². The molecule has 0 aliphatic rings. The van der Waals surface area contributed by atoms with Crippen LogP contribution in [0.15, 0.2) is 77.9 Å². The second kappa shape index (κ2) is 11.5. The Morgan fingerprint density at radius 1 is 1.06 bits per heavy atom. The van der Waals surface area contributed by atoms with Crippen LogP contribution in [-0.4, -0.2) is 30.6 Å². The van der Waals surface area contributed by atoms with Crippen LogP contribution in [0.2, 0.25) is 0 Å². The Labute approximate surface area is 182 Å². The molecule has 0 saturated carbocycles. The second-order valence-corrected chi connectivity index (χ2v) is 6.92. The SMILES string of the molecule is CN=C(NCc1cccc(OCc2ccccn2)c1)NCC(C)Oc1ccccc1F. The Kier molecular flexibility index (Phi) is 8.22. The van der Waals surface area contributed by atoms with Gasteiger partial charge in [-0.1, -0.05) is 30.3 Å². The van der Waals surface area contributed by atoms with Crippen LogP contribution in [0.5, 0.6) is 11.5 Å². The molecule has 6 nitrogen and oxygen atoms in total. The van der Waals surface area contributed by atoms with Gasteiger partial charge in [0.25, 0.3) is 0 Å². The minimum atomic E-state index is -0.373. The summed E-state index contributed by atoms with van der Waals surface area (Å²) in [6.45, 7) is 3.33. The van der Waals surface area contributed by atoms with Crippen molar-refractivity contribution in [1.29, 1.82) is 0 Å². The number of rotatable bonds is 9. The molecule has 1 aromatic heterocycles. The molecule has 0 spiro atoms. The molecule has 162 valence electrons. The maximum atomic E-state index is 13.7. The highest BCUT2D eigenvalue weighted by Gasteiger charge is 2.09. The van der Waals surface area contributed by atoms with E-state index in [4.69, 9.17) is 9.47 Å². The number of aliphatic imine (C=N–C) groups is 1. The third kappa shape index (κ3) is 7.29. The quantitative estimate of drug-likeness (QED) is 0.404. The van der Waals surface area contributed by atoms with E-state index in [2.05, 4.69) is 20.6 Å². The average Bonchev–Trinajstić information content (AvgIpc) is 2.80. The molecule has 0 saturated heterocycles. The van der Waals surface area contributed by atoms with Crippen LogP contribution in [0.3, 0.4) is 0 Å². The first-order chi connectivity index (χ1) is 15.1. The van der Waals surface area contributed by atoms with E-state index in [1.54, 1.807) is 31.4 Å². The highest BCUT2D eigenvalue weighted by atomic mass is 19.1. The number of nitrogens with one attached hydrogen (secondary N) is 2. The lowest BCUT2D eigenvalue weighted by atomic mass is 10.2. The molecule has 0 aliphatic heterocycles. The van der Waals surface area contributed by atoms with Gasteiger partial charge >= 0.3 is 0 Å². The van der Waals surface area contributed by atoms with E-state index in [1.807, 2.05) is 49.4 Å². The minimum Gasteiger partial charge on any atom is -0.487 e. The van der Waals surface area contributed by atoms with Crippen LogP contribution in [0.4, 0.5) is 4.39 Å². The van der Waals surface area contributed by atoms with Crippen molar-refractivity contribution in [3.05, 3.63) is 90.0 Å². The molecule has 2 aromatic carbocycles. The molecule has 1 atom stereocenters. The Balaban J connectivity index is 1.45. The molecule has 0 bridgehead atoms. The van der Waals surface area contributed by atoms with Crippen LogP contribution in [0.1, 0.15) is 18.2 Å². The maximum Gasteiger partial charge on any atom is 0.191 e. The highest BCUT2D eigenvalue weighted by Crippen LogP contribution is 2.17. The van der Waals surface area contributed by atoms with E-state index in [0.717, 1.165) is 17.0 Å². The van der Waals surface area contributed by atoms with Crippen LogP contribution in [-0.2, 0) is 13.2 Å². The van der Waals surface area contributed by atoms with Crippen molar-refractivity contribution in [2.45, 2.75) is 26.2 Å². The first-order valence-corrected chi connectivity index (χ1v) is 10.1. The van der Waals surface area contributed by atoms with Crippen molar-refractivity contribution in [2.24, 2.45) is 4.99 Å². The smallest absolute Gasteiger partial charge is 0.191 e. The number of halogens is 1. The number of hydrogen-bond donors (Lipinski definition) is 2. The average molecular weight is 423 g/mol. The molecule has 0 aliphatic carbocycles. The molecule has 31 heavy (non-hydrogen) atoms. The summed E-state index contributed by atoms with van der Waals surface area (Å²) < 4.78 is 25.2. The Hall–Kier alpha value is -3.61. The number of pyridine rings is 1. The van der Waals surface area contributed by atoms with Crippen molar-refractivity contribution in [1.82, 2.24) is 15.6 Å². The third-order valence-corrected chi connectivity index (χ3v) is 4.42. The third-order valence-electron chi connectivity index (χ3n) is 4.42. The van der Waals surface area contributed by atoms with E-state index in [0.29, 0.717) is 25.7 Å². The number of hydrogen-bond acceptors (Lipinski definition) is 4. The van der Waals surface area contributed by atoms with Gasteiger partial charge in [-0.3, -0.25) is 9.98 Å². The van der Waals surface area contributed by atoms with E-state index in [-0.39, 0.29) is 17.7 Å². The fourth-order valence-electron chi connectivity index (χ4n) is 2.83. The maximum absolute atomic E-state index is 13.7. The summed E-state index contributed by atoms with van der Waals surface area (Å²) in [6.07, 6.45) is 1.51. The monoisotopic (exact) mass is 422 g/mol. The standard InChI is InChI=1S/C24H27FN4O2/c1-18(31-23-12-4-3-11-22(23)25)15-28-24(26-2)29-16-19-8-7-10-21(14-19)30-17-20-9-5-6-13-27-20/h3-14,18H,15-17H2,1-2H3,(H2,26,28,29). The van der Waals surface area contributed by atoms with Crippen LogP contribution in [0.25, 0.3) is 0 Å². The summed E-state index contributed by atoms with van der Waals surface area (Å²) >= 11 is 0. The molecule has 3 rings (SSSR count). The van der Waals surface area contributed by atoms with E-state index in [9.17, 15) is 4.39 Å². The summed E-state index contributed by atoms with van der Waals surface area (Å²) in [5, 5.41) is 6.45. The van der Waals surface area contributed by atoms with Crippen molar-refractivity contribution in [3.8, 4) is 11.5 Å². The van der Waals surface area contributed by atoms with Gasteiger partial charge < -0.3 is 20.1 Å². The molecule has 7 heteroatoms. The molecule has 0 radical (unpaired) electrons. The molecule has 2 N–H and O–H groups in total. The number of nitrogens with zero attached hydrogens (tertiary/aromatic N) is 2. The molecule has 0 fully saturated rings. The number of para-hydroxylation sites is 1. The lowest BCUT2D eigenvalue weighted by molar-refractivity contribution is 0.214. The first kappa shape index (κ1) is 22.1. The molecule has 0 amide bonds. The summed E-state index contributed by atoms with van der Waals surface area (Å²) in [7, 11) is 1.70. The molecular formula is C24H27FN4O2. The molecule has 1 heterocycles. The normalized spacial score (nSPS) is 12.2. The summed E-state index contributed by atoms with van der Waals surface area (Å²) in [4.78, 5) is 8.48. The fraction of sp³-hybridized carbons (Fsp3) is 0.250. The van der Waals surface area contributed by atoms with Crippen molar-refractivity contribution < 1.29 is 13.9 Å². The summed E-state index contributed by atoms with van der Waals surface area (Å²) in [6, 6.07) is 20.0. The lowest BCUT2D eigenvalue weighted by Crippen LogP contribution is -2.41. The Morgan fingerprint density at radius 2 is 1.90 bits per heavy atom.